The van der Waals surface area contributed by atoms with Gasteiger partial charge in [0.1, 0.15) is 5.56 Å². The van der Waals surface area contributed by atoms with Gasteiger partial charge in [0.25, 0.3) is 11.5 Å². The Hall–Kier alpha value is -2.93. The van der Waals surface area contributed by atoms with Crippen LogP contribution in [-0.2, 0) is 16.1 Å². The summed E-state index contributed by atoms with van der Waals surface area (Å²) in [5, 5.41) is 9.06. The highest BCUT2D eigenvalue weighted by molar-refractivity contribution is 5.94. The van der Waals surface area contributed by atoms with Crippen molar-refractivity contribution in [3.8, 4) is 0 Å². The highest BCUT2D eigenvalue weighted by Crippen LogP contribution is 2.10. The summed E-state index contributed by atoms with van der Waals surface area (Å²) in [6, 6.07) is 10.9. The molecule has 1 aromatic heterocycles. The lowest BCUT2D eigenvalue weighted by atomic mass is 10.1. The summed E-state index contributed by atoms with van der Waals surface area (Å²) in [6.07, 6.45) is 0.576. The molecule has 0 aliphatic carbocycles. The number of hydrogen-bond acceptors (Lipinski definition) is 4. The van der Waals surface area contributed by atoms with Crippen molar-refractivity contribution in [2.75, 3.05) is 19.7 Å². The Morgan fingerprint density at radius 1 is 1.27 bits per heavy atom. The largest absolute Gasteiger partial charge is 0.479 e. The van der Waals surface area contributed by atoms with Crippen molar-refractivity contribution in [3.05, 3.63) is 69.6 Å². The topological polar surface area (TPSA) is 88.8 Å². The molecule has 2 aromatic rings. The number of aromatic nitrogens is 1. The summed E-state index contributed by atoms with van der Waals surface area (Å²) >= 11 is 0. The molecule has 1 atom stereocenters. The Kier molecular flexibility index (Phi) is 5.18. The van der Waals surface area contributed by atoms with Gasteiger partial charge in [-0.25, -0.2) is 4.79 Å². The molecular weight excluding hydrogens is 336 g/mol. The molecule has 7 heteroatoms. The van der Waals surface area contributed by atoms with Crippen LogP contribution >= 0.6 is 0 Å². The first-order chi connectivity index (χ1) is 12.5. The lowest BCUT2D eigenvalue weighted by molar-refractivity contribution is -0.154. The number of rotatable bonds is 4. The van der Waals surface area contributed by atoms with Crippen LogP contribution in [0.4, 0.5) is 0 Å². The molecule has 1 N–H and O–H groups in total. The fourth-order valence-corrected chi connectivity index (χ4v) is 2.98. The average molecular weight is 356 g/mol. The third kappa shape index (κ3) is 3.83. The van der Waals surface area contributed by atoms with Gasteiger partial charge >= 0.3 is 5.97 Å². The number of aliphatic carboxylic acids is 1. The van der Waals surface area contributed by atoms with Crippen LogP contribution in [0.5, 0.6) is 0 Å². The van der Waals surface area contributed by atoms with Gasteiger partial charge in [0.2, 0.25) is 0 Å². The van der Waals surface area contributed by atoms with Gasteiger partial charge in [0, 0.05) is 12.7 Å². The molecule has 0 spiro atoms. The molecule has 136 valence electrons. The Morgan fingerprint density at radius 3 is 2.81 bits per heavy atom. The highest BCUT2D eigenvalue weighted by atomic mass is 16.5. The molecule has 7 nitrogen and oxygen atoms in total. The van der Waals surface area contributed by atoms with E-state index in [1.165, 1.54) is 15.5 Å². The lowest BCUT2D eigenvalue weighted by Gasteiger charge is -2.30. The van der Waals surface area contributed by atoms with Gasteiger partial charge < -0.3 is 19.3 Å². The predicted molar refractivity (Wildman–Crippen MR) is 94.3 cm³/mol. The first-order valence-electron chi connectivity index (χ1n) is 8.34. The van der Waals surface area contributed by atoms with Crippen molar-refractivity contribution in [2.24, 2.45) is 0 Å². The smallest absolute Gasteiger partial charge is 0.334 e. The van der Waals surface area contributed by atoms with E-state index < -0.39 is 23.5 Å². The number of pyridine rings is 1. The minimum absolute atomic E-state index is 0.0335. The maximum Gasteiger partial charge on any atom is 0.334 e. The van der Waals surface area contributed by atoms with E-state index in [2.05, 4.69) is 0 Å². The molecule has 26 heavy (non-hydrogen) atoms. The van der Waals surface area contributed by atoms with Crippen molar-refractivity contribution in [3.63, 3.8) is 0 Å². The van der Waals surface area contributed by atoms with E-state index in [9.17, 15) is 14.4 Å². The number of benzene rings is 1. The van der Waals surface area contributed by atoms with E-state index in [1.54, 1.807) is 12.3 Å². The van der Waals surface area contributed by atoms with Gasteiger partial charge in [0.05, 0.1) is 19.7 Å². The lowest BCUT2D eigenvalue weighted by Crippen LogP contribution is -2.49. The second kappa shape index (κ2) is 7.53. The Morgan fingerprint density at radius 2 is 2.08 bits per heavy atom. The number of amides is 1. The standard InChI is InChI=1S/C19H20N2O5/c1-13-4-2-5-14(10-13)11-20-7-3-6-15(17(20)22)18(23)21-8-9-26-16(12-21)19(24)25/h2-7,10,16H,8-9,11-12H2,1H3,(H,24,25). The molecule has 1 fully saturated rings. The summed E-state index contributed by atoms with van der Waals surface area (Å²) in [5.74, 6) is -1.59. The van der Waals surface area contributed by atoms with E-state index >= 15 is 0 Å². The number of nitrogens with zero attached hydrogens (tertiary/aromatic N) is 2. The third-order valence-corrected chi connectivity index (χ3v) is 4.32. The van der Waals surface area contributed by atoms with Crippen LogP contribution in [0.25, 0.3) is 0 Å². The zero-order valence-corrected chi connectivity index (χ0v) is 14.4. The molecule has 1 aliphatic heterocycles. The zero-order valence-electron chi connectivity index (χ0n) is 14.4. The summed E-state index contributed by atoms with van der Waals surface area (Å²) in [7, 11) is 0. The summed E-state index contributed by atoms with van der Waals surface area (Å²) < 4.78 is 6.61. The van der Waals surface area contributed by atoms with Crippen molar-refractivity contribution in [1.82, 2.24) is 9.47 Å². The Bertz CT molecular complexity index is 889. The predicted octanol–water partition coefficient (Wildman–Crippen LogP) is 1.13. The van der Waals surface area contributed by atoms with E-state index in [0.29, 0.717) is 6.54 Å². The van der Waals surface area contributed by atoms with E-state index in [1.807, 2.05) is 31.2 Å². The second-order valence-electron chi connectivity index (χ2n) is 6.29. The van der Waals surface area contributed by atoms with Crippen LogP contribution in [0.2, 0.25) is 0 Å². The van der Waals surface area contributed by atoms with Gasteiger partial charge in [-0.1, -0.05) is 29.8 Å². The second-order valence-corrected chi connectivity index (χ2v) is 6.29. The van der Waals surface area contributed by atoms with Gasteiger partial charge in [-0.05, 0) is 24.6 Å². The maximum atomic E-state index is 12.7. The van der Waals surface area contributed by atoms with Crippen molar-refractivity contribution in [2.45, 2.75) is 19.6 Å². The molecular formula is C19H20N2O5. The van der Waals surface area contributed by atoms with Crippen LogP contribution in [-0.4, -0.2) is 52.3 Å². The van der Waals surface area contributed by atoms with Crippen molar-refractivity contribution >= 4 is 11.9 Å². The summed E-state index contributed by atoms with van der Waals surface area (Å²) in [4.78, 5) is 37.9. The number of morpholine rings is 1. The van der Waals surface area contributed by atoms with Crippen LogP contribution < -0.4 is 5.56 Å². The van der Waals surface area contributed by atoms with E-state index in [0.717, 1.165) is 11.1 Å². The number of carboxylic acid groups (broad SMARTS) is 1. The SMILES string of the molecule is Cc1cccc(Cn2cccc(C(=O)N3CCOC(C(=O)O)C3)c2=O)c1. The first-order valence-corrected chi connectivity index (χ1v) is 8.34. The quantitative estimate of drug-likeness (QED) is 0.887. The van der Waals surface area contributed by atoms with Gasteiger partial charge in [-0.3, -0.25) is 9.59 Å². The summed E-state index contributed by atoms with van der Waals surface area (Å²) in [5.41, 5.74) is 1.70. The van der Waals surface area contributed by atoms with Crippen LogP contribution in [0, 0.1) is 6.92 Å². The molecule has 1 saturated heterocycles. The number of aryl methyl sites for hydroxylation is 1. The van der Waals surface area contributed by atoms with Gasteiger partial charge in [-0.2, -0.15) is 0 Å². The van der Waals surface area contributed by atoms with Crippen LogP contribution in [0.15, 0.2) is 47.4 Å². The minimum Gasteiger partial charge on any atom is -0.479 e. The molecule has 1 unspecified atom stereocenters. The van der Waals surface area contributed by atoms with Crippen LogP contribution in [0.1, 0.15) is 21.5 Å². The third-order valence-electron chi connectivity index (χ3n) is 4.32. The fraction of sp³-hybridized carbons (Fsp3) is 0.316. The van der Waals surface area contributed by atoms with Gasteiger partial charge in [0.15, 0.2) is 6.10 Å². The monoisotopic (exact) mass is 356 g/mol. The van der Waals surface area contributed by atoms with Crippen LogP contribution in [0.3, 0.4) is 0 Å². The normalized spacial score (nSPS) is 17.1. The summed E-state index contributed by atoms with van der Waals surface area (Å²) in [6.45, 7) is 2.66. The number of ether oxygens (including phenoxy) is 1. The Labute approximate surface area is 150 Å². The molecule has 0 saturated carbocycles. The van der Waals surface area contributed by atoms with Gasteiger partial charge in [-0.15, -0.1) is 0 Å². The molecule has 2 heterocycles. The first kappa shape index (κ1) is 17.9. The molecule has 0 radical (unpaired) electrons. The molecule has 1 amide bonds. The number of carboxylic acids is 1. The molecule has 1 aliphatic rings. The number of carbonyl (C=O) groups excluding carboxylic acids is 1. The average Bonchev–Trinajstić information content (AvgIpc) is 2.63. The minimum atomic E-state index is -1.12. The molecule has 3 rings (SSSR count). The van der Waals surface area contributed by atoms with Crippen molar-refractivity contribution < 1.29 is 19.4 Å². The molecule has 0 bridgehead atoms. The highest BCUT2D eigenvalue weighted by Gasteiger charge is 2.30. The maximum absolute atomic E-state index is 12.7. The van der Waals surface area contributed by atoms with E-state index in [4.69, 9.17) is 9.84 Å². The number of carbonyl (C=O) groups is 2. The van der Waals surface area contributed by atoms with Crippen molar-refractivity contribution in [1.29, 1.82) is 0 Å². The zero-order chi connectivity index (χ0) is 18.7. The number of hydrogen-bond donors (Lipinski definition) is 1. The Balaban J connectivity index is 1.83. The molecule has 1 aromatic carbocycles. The van der Waals surface area contributed by atoms with E-state index in [-0.39, 0.29) is 25.3 Å². The fourth-order valence-electron chi connectivity index (χ4n) is 2.98.